The predicted molar refractivity (Wildman–Crippen MR) is 115 cm³/mol. The van der Waals surface area contributed by atoms with E-state index < -0.39 is 0 Å². The summed E-state index contributed by atoms with van der Waals surface area (Å²) >= 11 is 2.10. The molecule has 0 saturated heterocycles. The first-order valence-corrected chi connectivity index (χ1v) is 9.54. The zero-order valence-corrected chi connectivity index (χ0v) is 17.6. The van der Waals surface area contributed by atoms with Crippen LogP contribution in [0.5, 0.6) is 17.2 Å². The fourth-order valence-corrected chi connectivity index (χ4v) is 3.21. The standard InChI is InChI=1S/C21H19IN2O4/c1-26-19-11-17(18(22)12-20(19)27-2)21(25)24-14-7-5-8-16(10-14)28-13-15-6-3-4-9-23-15/h3-12H,13H2,1-2H3,(H,24,25). The van der Waals surface area contributed by atoms with E-state index in [9.17, 15) is 4.79 Å². The third-order valence-corrected chi connectivity index (χ3v) is 4.82. The Kier molecular flexibility index (Phi) is 6.70. The van der Waals surface area contributed by atoms with Crippen molar-refractivity contribution in [3.05, 3.63) is 75.6 Å². The molecule has 0 aliphatic rings. The van der Waals surface area contributed by atoms with Crippen LogP contribution in [-0.2, 0) is 6.61 Å². The Morgan fingerprint density at radius 1 is 1.04 bits per heavy atom. The van der Waals surface area contributed by atoms with Crippen LogP contribution in [0, 0.1) is 3.57 Å². The Bertz CT molecular complexity index is 964. The van der Waals surface area contributed by atoms with E-state index in [1.54, 1.807) is 37.6 Å². The highest BCUT2D eigenvalue weighted by Crippen LogP contribution is 2.31. The molecule has 0 fully saturated rings. The Morgan fingerprint density at radius 3 is 2.54 bits per heavy atom. The van der Waals surface area contributed by atoms with Crippen LogP contribution in [0.15, 0.2) is 60.8 Å². The summed E-state index contributed by atoms with van der Waals surface area (Å²) < 4.78 is 17.1. The van der Waals surface area contributed by atoms with Gasteiger partial charge >= 0.3 is 0 Å². The highest BCUT2D eigenvalue weighted by molar-refractivity contribution is 14.1. The van der Waals surface area contributed by atoms with Crippen molar-refractivity contribution >= 4 is 34.2 Å². The van der Waals surface area contributed by atoms with E-state index in [-0.39, 0.29) is 5.91 Å². The van der Waals surface area contributed by atoms with Crippen LogP contribution >= 0.6 is 22.6 Å². The van der Waals surface area contributed by atoms with Crippen LogP contribution in [0.3, 0.4) is 0 Å². The molecule has 0 aliphatic heterocycles. The van der Waals surface area contributed by atoms with Crippen molar-refractivity contribution < 1.29 is 19.0 Å². The predicted octanol–water partition coefficient (Wildman–Crippen LogP) is 4.53. The largest absolute Gasteiger partial charge is 0.493 e. The molecule has 1 amide bonds. The van der Waals surface area contributed by atoms with E-state index >= 15 is 0 Å². The molecular formula is C21H19IN2O4. The lowest BCUT2D eigenvalue weighted by molar-refractivity contribution is 0.102. The summed E-state index contributed by atoms with van der Waals surface area (Å²) in [6.45, 7) is 0.353. The number of carbonyl (C=O) groups excluding carboxylic acids is 1. The molecule has 0 saturated carbocycles. The number of methoxy groups -OCH3 is 2. The van der Waals surface area contributed by atoms with Gasteiger partial charge in [0.1, 0.15) is 12.4 Å². The number of nitrogens with zero attached hydrogens (tertiary/aromatic N) is 1. The summed E-state index contributed by atoms with van der Waals surface area (Å²) in [5.41, 5.74) is 1.96. The minimum Gasteiger partial charge on any atom is -0.493 e. The van der Waals surface area contributed by atoms with E-state index in [4.69, 9.17) is 14.2 Å². The minimum absolute atomic E-state index is 0.243. The Hall–Kier alpha value is -2.81. The second-order valence-electron chi connectivity index (χ2n) is 5.78. The van der Waals surface area contributed by atoms with Gasteiger partial charge in [0.25, 0.3) is 5.91 Å². The van der Waals surface area contributed by atoms with Crippen molar-refractivity contribution in [1.82, 2.24) is 4.98 Å². The van der Waals surface area contributed by atoms with Crippen LogP contribution < -0.4 is 19.5 Å². The van der Waals surface area contributed by atoms with Gasteiger partial charge in [-0.1, -0.05) is 12.1 Å². The molecule has 0 spiro atoms. The fraction of sp³-hybridized carbons (Fsp3) is 0.143. The number of benzene rings is 2. The molecule has 2 aromatic carbocycles. The van der Waals surface area contributed by atoms with E-state index in [2.05, 4.69) is 32.9 Å². The average Bonchev–Trinajstić information content (AvgIpc) is 2.73. The van der Waals surface area contributed by atoms with Gasteiger partial charge in [-0.25, -0.2) is 0 Å². The smallest absolute Gasteiger partial charge is 0.256 e. The molecule has 0 unspecified atom stereocenters. The van der Waals surface area contributed by atoms with Crippen molar-refractivity contribution in [3.63, 3.8) is 0 Å². The van der Waals surface area contributed by atoms with E-state index in [1.807, 2.05) is 30.3 Å². The van der Waals surface area contributed by atoms with E-state index in [1.165, 1.54) is 7.11 Å². The van der Waals surface area contributed by atoms with Crippen molar-refractivity contribution in [2.45, 2.75) is 6.61 Å². The minimum atomic E-state index is -0.243. The number of aromatic nitrogens is 1. The molecule has 0 bridgehead atoms. The first kappa shape index (κ1) is 19.9. The molecule has 0 radical (unpaired) electrons. The van der Waals surface area contributed by atoms with Crippen molar-refractivity contribution in [1.29, 1.82) is 0 Å². The summed E-state index contributed by atoms with van der Waals surface area (Å²) in [5, 5.41) is 2.89. The van der Waals surface area contributed by atoms with E-state index in [0.717, 1.165) is 9.26 Å². The lowest BCUT2D eigenvalue weighted by Gasteiger charge is -2.13. The molecule has 6 nitrogen and oxygen atoms in total. The number of nitrogens with one attached hydrogen (secondary N) is 1. The monoisotopic (exact) mass is 490 g/mol. The molecule has 3 rings (SSSR count). The second kappa shape index (κ2) is 9.41. The molecular weight excluding hydrogens is 471 g/mol. The van der Waals surface area contributed by atoms with Crippen LogP contribution in [0.4, 0.5) is 5.69 Å². The number of amides is 1. The highest BCUT2D eigenvalue weighted by Gasteiger charge is 2.16. The molecule has 0 aliphatic carbocycles. The van der Waals surface area contributed by atoms with Gasteiger partial charge in [-0.15, -0.1) is 0 Å². The number of carbonyl (C=O) groups is 1. The van der Waals surface area contributed by atoms with E-state index in [0.29, 0.717) is 35.1 Å². The third kappa shape index (κ3) is 4.92. The highest BCUT2D eigenvalue weighted by atomic mass is 127. The normalized spacial score (nSPS) is 10.2. The first-order valence-electron chi connectivity index (χ1n) is 8.46. The Balaban J connectivity index is 1.72. The average molecular weight is 490 g/mol. The van der Waals surface area contributed by atoms with Gasteiger partial charge in [-0.3, -0.25) is 9.78 Å². The number of pyridine rings is 1. The quantitative estimate of drug-likeness (QED) is 0.493. The lowest BCUT2D eigenvalue weighted by atomic mass is 10.1. The Labute approximate surface area is 177 Å². The SMILES string of the molecule is COc1cc(I)c(C(=O)Nc2cccc(OCc3ccccn3)c2)cc1OC. The van der Waals surface area contributed by atoms with Gasteiger partial charge < -0.3 is 19.5 Å². The maximum Gasteiger partial charge on any atom is 0.256 e. The molecule has 0 atom stereocenters. The van der Waals surface area contributed by atoms with Crippen molar-refractivity contribution in [2.75, 3.05) is 19.5 Å². The first-order chi connectivity index (χ1) is 13.6. The summed E-state index contributed by atoms with van der Waals surface area (Å²) in [6, 6.07) is 16.3. The van der Waals surface area contributed by atoms with Gasteiger partial charge in [-0.2, -0.15) is 0 Å². The number of ether oxygens (including phenoxy) is 3. The summed E-state index contributed by atoms with van der Waals surface area (Å²) in [6.07, 6.45) is 1.72. The molecule has 1 N–H and O–H groups in total. The molecule has 1 aromatic heterocycles. The number of rotatable bonds is 7. The van der Waals surface area contributed by atoms with Gasteiger partial charge in [0.05, 0.1) is 25.5 Å². The number of anilines is 1. The summed E-state index contributed by atoms with van der Waals surface area (Å²) in [5.74, 6) is 1.48. The summed E-state index contributed by atoms with van der Waals surface area (Å²) in [4.78, 5) is 17.0. The van der Waals surface area contributed by atoms with Gasteiger partial charge in [0, 0.05) is 21.5 Å². The number of hydrogen-bond acceptors (Lipinski definition) is 5. The molecule has 3 aromatic rings. The van der Waals surface area contributed by atoms with Crippen LogP contribution in [0.1, 0.15) is 16.1 Å². The lowest BCUT2D eigenvalue weighted by Crippen LogP contribution is -2.14. The van der Waals surface area contributed by atoms with Gasteiger partial charge in [0.2, 0.25) is 0 Å². The van der Waals surface area contributed by atoms with Crippen molar-refractivity contribution in [3.8, 4) is 17.2 Å². The van der Waals surface area contributed by atoms with Crippen LogP contribution in [-0.4, -0.2) is 25.1 Å². The fourth-order valence-electron chi connectivity index (χ4n) is 2.53. The maximum atomic E-state index is 12.7. The zero-order chi connectivity index (χ0) is 19.9. The van der Waals surface area contributed by atoms with Crippen LogP contribution in [0.2, 0.25) is 0 Å². The molecule has 7 heteroatoms. The maximum absolute atomic E-state index is 12.7. The number of hydrogen-bond donors (Lipinski definition) is 1. The third-order valence-electron chi connectivity index (χ3n) is 3.92. The van der Waals surface area contributed by atoms with Crippen molar-refractivity contribution in [2.24, 2.45) is 0 Å². The second-order valence-corrected chi connectivity index (χ2v) is 6.94. The van der Waals surface area contributed by atoms with Gasteiger partial charge in [0.15, 0.2) is 11.5 Å². The Morgan fingerprint density at radius 2 is 1.82 bits per heavy atom. The van der Waals surface area contributed by atoms with Crippen LogP contribution in [0.25, 0.3) is 0 Å². The summed E-state index contributed by atoms with van der Waals surface area (Å²) in [7, 11) is 3.10. The zero-order valence-electron chi connectivity index (χ0n) is 15.4. The number of halogens is 1. The topological polar surface area (TPSA) is 69.7 Å². The molecule has 28 heavy (non-hydrogen) atoms. The van der Waals surface area contributed by atoms with Gasteiger partial charge in [-0.05, 0) is 59.0 Å². The molecule has 1 heterocycles. The molecule has 144 valence electrons.